The summed E-state index contributed by atoms with van der Waals surface area (Å²) < 4.78 is 0. The normalized spacial score (nSPS) is 19.0. The van der Waals surface area contributed by atoms with Gasteiger partial charge >= 0.3 is 0 Å². The van der Waals surface area contributed by atoms with Crippen LogP contribution in [0, 0.1) is 23.2 Å². The first-order chi connectivity index (χ1) is 9.92. The van der Waals surface area contributed by atoms with E-state index in [1.54, 1.807) is 0 Å². The summed E-state index contributed by atoms with van der Waals surface area (Å²) in [5.41, 5.74) is 0.635. The van der Waals surface area contributed by atoms with Crippen LogP contribution >= 0.6 is 0 Å². The van der Waals surface area contributed by atoms with Crippen LogP contribution in [0.3, 0.4) is 0 Å². The van der Waals surface area contributed by atoms with Crippen molar-refractivity contribution < 1.29 is 0 Å². The van der Waals surface area contributed by atoms with Gasteiger partial charge in [-0.15, -0.1) is 0 Å². The Morgan fingerprint density at radius 1 is 0.571 bits per heavy atom. The lowest BCUT2D eigenvalue weighted by atomic mass is 9.70. The summed E-state index contributed by atoms with van der Waals surface area (Å²) in [4.78, 5) is 0. The smallest absolute Gasteiger partial charge is 0.0300 e. The number of rotatable bonds is 13. The Bertz CT molecular complexity index is 194. The third kappa shape index (κ3) is 8.89. The van der Waals surface area contributed by atoms with E-state index in [1.165, 1.54) is 64.2 Å². The van der Waals surface area contributed by atoms with E-state index in [1.807, 2.05) is 0 Å². The summed E-state index contributed by atoms with van der Waals surface area (Å²) in [5.74, 6) is 2.72. The lowest BCUT2D eigenvalue weighted by Gasteiger charge is -2.36. The SMILES string of the molecule is CCC(C)CCC(CC)(CCC(C)CC)CCC(C)CC. The molecule has 128 valence electrons. The summed E-state index contributed by atoms with van der Waals surface area (Å²) in [6, 6.07) is 0. The van der Waals surface area contributed by atoms with Crippen LogP contribution in [0.25, 0.3) is 0 Å². The van der Waals surface area contributed by atoms with Crippen molar-refractivity contribution in [2.75, 3.05) is 0 Å². The van der Waals surface area contributed by atoms with Crippen molar-refractivity contribution in [1.82, 2.24) is 0 Å². The van der Waals surface area contributed by atoms with Crippen LogP contribution in [-0.4, -0.2) is 0 Å². The van der Waals surface area contributed by atoms with Crippen LogP contribution in [0.15, 0.2) is 0 Å². The fourth-order valence-electron chi connectivity index (χ4n) is 3.18. The topological polar surface area (TPSA) is 0 Å². The zero-order valence-corrected chi connectivity index (χ0v) is 16.3. The molecule has 0 aromatic rings. The van der Waals surface area contributed by atoms with Gasteiger partial charge in [0.1, 0.15) is 0 Å². The standard InChI is InChI=1S/C21H44/c1-8-18(5)12-15-21(11-4,16-13-19(6)9-2)17-14-20(7)10-3/h18-20H,8-17H2,1-7H3. The van der Waals surface area contributed by atoms with Crippen molar-refractivity contribution in [2.24, 2.45) is 23.2 Å². The third-order valence-corrected chi connectivity index (χ3v) is 6.34. The molecule has 0 amide bonds. The van der Waals surface area contributed by atoms with E-state index in [0.29, 0.717) is 5.41 Å². The molecule has 0 saturated carbocycles. The highest BCUT2D eigenvalue weighted by Crippen LogP contribution is 2.42. The minimum Gasteiger partial charge on any atom is -0.0651 e. The molecular formula is C21H44. The van der Waals surface area contributed by atoms with E-state index in [4.69, 9.17) is 0 Å². The van der Waals surface area contributed by atoms with Gasteiger partial charge in [0, 0.05) is 0 Å². The zero-order valence-electron chi connectivity index (χ0n) is 16.3. The van der Waals surface area contributed by atoms with Crippen molar-refractivity contribution in [2.45, 2.75) is 113 Å². The fraction of sp³-hybridized carbons (Fsp3) is 1.00. The van der Waals surface area contributed by atoms with Crippen molar-refractivity contribution >= 4 is 0 Å². The van der Waals surface area contributed by atoms with Crippen molar-refractivity contribution in [3.8, 4) is 0 Å². The maximum Gasteiger partial charge on any atom is -0.0300 e. The summed E-state index contributed by atoms with van der Waals surface area (Å²) in [6.45, 7) is 16.8. The first-order valence-electron chi connectivity index (χ1n) is 9.92. The van der Waals surface area contributed by atoms with Gasteiger partial charge < -0.3 is 0 Å². The van der Waals surface area contributed by atoms with Crippen LogP contribution in [0.2, 0.25) is 0 Å². The maximum absolute atomic E-state index is 2.45. The van der Waals surface area contributed by atoms with Gasteiger partial charge in [0.15, 0.2) is 0 Å². The highest BCUT2D eigenvalue weighted by molar-refractivity contribution is 4.80. The van der Waals surface area contributed by atoms with Gasteiger partial charge in [0.05, 0.1) is 0 Å². The molecule has 0 radical (unpaired) electrons. The highest BCUT2D eigenvalue weighted by Gasteiger charge is 2.28. The molecule has 0 spiro atoms. The van der Waals surface area contributed by atoms with Crippen LogP contribution < -0.4 is 0 Å². The van der Waals surface area contributed by atoms with Crippen LogP contribution in [-0.2, 0) is 0 Å². The van der Waals surface area contributed by atoms with E-state index in [-0.39, 0.29) is 0 Å². The van der Waals surface area contributed by atoms with Crippen molar-refractivity contribution in [3.05, 3.63) is 0 Å². The van der Waals surface area contributed by atoms with Gasteiger partial charge in [-0.3, -0.25) is 0 Å². The maximum atomic E-state index is 2.45. The average Bonchev–Trinajstić information content (AvgIpc) is 2.53. The molecule has 0 N–H and O–H groups in total. The molecule has 0 bridgehead atoms. The van der Waals surface area contributed by atoms with Crippen molar-refractivity contribution in [1.29, 1.82) is 0 Å². The summed E-state index contributed by atoms with van der Waals surface area (Å²) in [5, 5.41) is 0. The molecule has 0 aliphatic rings. The predicted octanol–water partition coefficient (Wildman–Crippen LogP) is 7.86. The lowest BCUT2D eigenvalue weighted by molar-refractivity contribution is 0.161. The molecule has 21 heavy (non-hydrogen) atoms. The molecule has 0 aromatic heterocycles. The Balaban J connectivity index is 4.65. The molecule has 0 aliphatic heterocycles. The van der Waals surface area contributed by atoms with Gasteiger partial charge in [-0.25, -0.2) is 0 Å². The largest absolute Gasteiger partial charge is 0.0651 e. The molecule has 0 rings (SSSR count). The Kier molecular flexibility index (Phi) is 11.6. The minimum absolute atomic E-state index is 0.635. The molecule has 0 heteroatoms. The molecule has 3 atom stereocenters. The molecule has 0 saturated heterocycles. The van der Waals surface area contributed by atoms with Crippen molar-refractivity contribution in [3.63, 3.8) is 0 Å². The van der Waals surface area contributed by atoms with Gasteiger partial charge in [0.25, 0.3) is 0 Å². The molecule has 0 aromatic carbocycles. The minimum atomic E-state index is 0.635. The monoisotopic (exact) mass is 296 g/mol. The summed E-state index contributed by atoms with van der Waals surface area (Å²) in [7, 11) is 0. The van der Waals surface area contributed by atoms with E-state index >= 15 is 0 Å². The first kappa shape index (κ1) is 21.0. The Morgan fingerprint density at radius 2 is 0.857 bits per heavy atom. The van der Waals surface area contributed by atoms with Crippen LogP contribution in [0.4, 0.5) is 0 Å². The van der Waals surface area contributed by atoms with Gasteiger partial charge in [-0.1, -0.05) is 93.4 Å². The molecule has 0 heterocycles. The van der Waals surface area contributed by atoms with E-state index < -0.39 is 0 Å². The Morgan fingerprint density at radius 3 is 1.05 bits per heavy atom. The van der Waals surface area contributed by atoms with Crippen LogP contribution in [0.5, 0.6) is 0 Å². The second-order valence-corrected chi connectivity index (χ2v) is 8.01. The summed E-state index contributed by atoms with van der Waals surface area (Å²) >= 11 is 0. The predicted molar refractivity (Wildman–Crippen MR) is 98.8 cm³/mol. The first-order valence-corrected chi connectivity index (χ1v) is 9.92. The zero-order chi connectivity index (χ0) is 16.3. The second-order valence-electron chi connectivity index (χ2n) is 8.01. The molecule has 0 nitrogen and oxygen atoms in total. The number of hydrogen-bond donors (Lipinski definition) is 0. The molecule has 0 fully saturated rings. The average molecular weight is 297 g/mol. The van der Waals surface area contributed by atoms with E-state index in [9.17, 15) is 0 Å². The Labute approximate surface area is 136 Å². The molecule has 3 unspecified atom stereocenters. The van der Waals surface area contributed by atoms with E-state index in [0.717, 1.165) is 17.8 Å². The lowest BCUT2D eigenvalue weighted by Crippen LogP contribution is -2.23. The van der Waals surface area contributed by atoms with E-state index in [2.05, 4.69) is 48.5 Å². The number of hydrogen-bond acceptors (Lipinski definition) is 0. The fourth-order valence-corrected chi connectivity index (χ4v) is 3.18. The van der Waals surface area contributed by atoms with Gasteiger partial charge in [0.2, 0.25) is 0 Å². The third-order valence-electron chi connectivity index (χ3n) is 6.34. The quantitative estimate of drug-likeness (QED) is 0.324. The Hall–Kier alpha value is 0. The second kappa shape index (κ2) is 11.6. The summed E-state index contributed by atoms with van der Waals surface area (Å²) in [6.07, 6.45) is 14.1. The molecular weight excluding hydrogens is 252 g/mol. The molecule has 0 aliphatic carbocycles. The van der Waals surface area contributed by atoms with Gasteiger partial charge in [-0.05, 0) is 42.4 Å². The van der Waals surface area contributed by atoms with Gasteiger partial charge in [-0.2, -0.15) is 0 Å². The van der Waals surface area contributed by atoms with Crippen LogP contribution in [0.1, 0.15) is 113 Å². The highest BCUT2D eigenvalue weighted by atomic mass is 14.3.